The van der Waals surface area contributed by atoms with E-state index in [-0.39, 0.29) is 11.6 Å². The van der Waals surface area contributed by atoms with Gasteiger partial charge in [-0.25, -0.2) is 9.37 Å². The first-order valence-electron chi connectivity index (χ1n) is 4.82. The molecule has 16 heavy (non-hydrogen) atoms. The Balaban J connectivity index is 2.34. The van der Waals surface area contributed by atoms with Crippen LogP contribution in [0.2, 0.25) is 0 Å². The average molecular weight is 218 g/mol. The third kappa shape index (κ3) is 2.11. The summed E-state index contributed by atoms with van der Waals surface area (Å²) in [5.41, 5.74) is 6.82. The zero-order chi connectivity index (χ0) is 11.5. The molecule has 0 fully saturated rings. The van der Waals surface area contributed by atoms with Crippen molar-refractivity contribution < 1.29 is 9.13 Å². The number of aromatic nitrogens is 1. The maximum absolute atomic E-state index is 13.3. The van der Waals surface area contributed by atoms with E-state index in [0.29, 0.717) is 5.69 Å². The minimum Gasteiger partial charge on any atom is -0.434 e. The second-order valence-electron chi connectivity index (χ2n) is 3.38. The SMILES string of the molecule is Cc1ccc(N)c(Oc2ccccc2F)n1. The summed E-state index contributed by atoms with van der Waals surface area (Å²) in [5, 5.41) is 0. The molecule has 4 heteroatoms. The third-order valence-electron chi connectivity index (χ3n) is 2.07. The summed E-state index contributed by atoms with van der Waals surface area (Å²) in [6.07, 6.45) is 0. The molecule has 0 aliphatic rings. The van der Waals surface area contributed by atoms with E-state index in [1.165, 1.54) is 12.1 Å². The van der Waals surface area contributed by atoms with Gasteiger partial charge in [0.15, 0.2) is 11.6 Å². The van der Waals surface area contributed by atoms with Gasteiger partial charge in [-0.3, -0.25) is 0 Å². The standard InChI is InChI=1S/C12H11FN2O/c1-8-6-7-10(14)12(15-8)16-11-5-3-2-4-9(11)13/h2-7H,14H2,1H3. The zero-order valence-electron chi connectivity index (χ0n) is 8.77. The van der Waals surface area contributed by atoms with Crippen LogP contribution in [0.15, 0.2) is 36.4 Å². The molecule has 82 valence electrons. The molecule has 0 spiro atoms. The Bertz CT molecular complexity index is 514. The molecule has 0 unspecified atom stereocenters. The molecule has 0 aliphatic heterocycles. The highest BCUT2D eigenvalue weighted by Crippen LogP contribution is 2.26. The molecule has 0 saturated heterocycles. The molecular formula is C12H11FN2O. The van der Waals surface area contributed by atoms with Gasteiger partial charge in [-0.1, -0.05) is 12.1 Å². The van der Waals surface area contributed by atoms with Gasteiger partial charge in [0.2, 0.25) is 5.88 Å². The summed E-state index contributed by atoms with van der Waals surface area (Å²) in [7, 11) is 0. The molecule has 0 atom stereocenters. The molecule has 0 amide bonds. The second kappa shape index (κ2) is 4.18. The third-order valence-corrected chi connectivity index (χ3v) is 2.07. The van der Waals surface area contributed by atoms with Gasteiger partial charge in [0, 0.05) is 5.69 Å². The van der Waals surface area contributed by atoms with Crippen molar-refractivity contribution in [3.05, 3.63) is 47.9 Å². The number of pyridine rings is 1. The van der Waals surface area contributed by atoms with Gasteiger partial charge in [-0.15, -0.1) is 0 Å². The molecule has 0 bridgehead atoms. The van der Waals surface area contributed by atoms with E-state index in [4.69, 9.17) is 10.5 Å². The Morgan fingerprint density at radius 1 is 1.19 bits per heavy atom. The molecule has 2 rings (SSSR count). The molecular weight excluding hydrogens is 207 g/mol. The van der Waals surface area contributed by atoms with Crippen LogP contribution in [-0.4, -0.2) is 4.98 Å². The molecule has 1 aromatic carbocycles. The number of aryl methyl sites for hydroxylation is 1. The van der Waals surface area contributed by atoms with Crippen LogP contribution in [0.25, 0.3) is 0 Å². The number of anilines is 1. The number of nitrogen functional groups attached to an aromatic ring is 1. The predicted octanol–water partition coefficient (Wildman–Crippen LogP) is 2.90. The van der Waals surface area contributed by atoms with E-state index in [1.807, 2.05) is 6.92 Å². The lowest BCUT2D eigenvalue weighted by molar-refractivity contribution is 0.429. The Morgan fingerprint density at radius 3 is 2.69 bits per heavy atom. The van der Waals surface area contributed by atoms with Crippen LogP contribution in [0.1, 0.15) is 5.69 Å². The largest absolute Gasteiger partial charge is 0.434 e. The number of rotatable bonds is 2. The number of hydrogen-bond acceptors (Lipinski definition) is 3. The van der Waals surface area contributed by atoms with Crippen molar-refractivity contribution in [2.45, 2.75) is 6.92 Å². The van der Waals surface area contributed by atoms with Crippen molar-refractivity contribution in [3.8, 4) is 11.6 Å². The van der Waals surface area contributed by atoms with Crippen molar-refractivity contribution in [1.29, 1.82) is 0 Å². The molecule has 3 nitrogen and oxygen atoms in total. The monoisotopic (exact) mass is 218 g/mol. The molecule has 2 N–H and O–H groups in total. The fourth-order valence-electron chi connectivity index (χ4n) is 1.26. The highest BCUT2D eigenvalue weighted by molar-refractivity contribution is 5.49. The lowest BCUT2D eigenvalue weighted by atomic mass is 10.3. The Hall–Kier alpha value is -2.10. The normalized spacial score (nSPS) is 10.1. The minimum absolute atomic E-state index is 0.118. The van der Waals surface area contributed by atoms with E-state index in [1.54, 1.807) is 24.3 Å². The molecule has 0 aliphatic carbocycles. The van der Waals surface area contributed by atoms with Crippen LogP contribution >= 0.6 is 0 Å². The van der Waals surface area contributed by atoms with Crippen molar-refractivity contribution in [2.75, 3.05) is 5.73 Å². The number of nitrogens with two attached hydrogens (primary N) is 1. The van der Waals surface area contributed by atoms with E-state index >= 15 is 0 Å². The lowest BCUT2D eigenvalue weighted by Gasteiger charge is -2.08. The number of hydrogen-bond donors (Lipinski definition) is 1. The number of nitrogens with zero attached hydrogens (tertiary/aromatic N) is 1. The van der Waals surface area contributed by atoms with Crippen LogP contribution in [0.4, 0.5) is 10.1 Å². The maximum Gasteiger partial charge on any atom is 0.243 e. The lowest BCUT2D eigenvalue weighted by Crippen LogP contribution is -1.97. The first-order valence-corrected chi connectivity index (χ1v) is 4.82. The molecule has 2 aromatic rings. The van der Waals surface area contributed by atoms with Gasteiger partial charge in [-0.05, 0) is 31.2 Å². The van der Waals surface area contributed by atoms with Crippen LogP contribution in [0.3, 0.4) is 0 Å². The first kappa shape index (κ1) is 10.4. The van der Waals surface area contributed by atoms with Crippen molar-refractivity contribution in [3.63, 3.8) is 0 Å². The number of benzene rings is 1. The van der Waals surface area contributed by atoms with E-state index in [0.717, 1.165) is 5.69 Å². The summed E-state index contributed by atoms with van der Waals surface area (Å²) in [6, 6.07) is 9.57. The van der Waals surface area contributed by atoms with Crippen LogP contribution < -0.4 is 10.5 Å². The van der Waals surface area contributed by atoms with Crippen molar-refractivity contribution >= 4 is 5.69 Å². The van der Waals surface area contributed by atoms with Crippen LogP contribution in [0, 0.1) is 12.7 Å². The summed E-state index contributed by atoms with van der Waals surface area (Å²) in [4.78, 5) is 4.10. The highest BCUT2D eigenvalue weighted by atomic mass is 19.1. The van der Waals surface area contributed by atoms with Gasteiger partial charge >= 0.3 is 0 Å². The zero-order valence-corrected chi connectivity index (χ0v) is 8.77. The average Bonchev–Trinajstić information content (AvgIpc) is 2.27. The minimum atomic E-state index is -0.440. The second-order valence-corrected chi connectivity index (χ2v) is 3.38. The number of para-hydroxylation sites is 1. The van der Waals surface area contributed by atoms with E-state index < -0.39 is 5.82 Å². The number of halogens is 1. The summed E-state index contributed by atoms with van der Waals surface area (Å²) < 4.78 is 18.6. The molecule has 1 aromatic heterocycles. The topological polar surface area (TPSA) is 48.1 Å². The van der Waals surface area contributed by atoms with Crippen LogP contribution in [0.5, 0.6) is 11.6 Å². The van der Waals surface area contributed by atoms with Crippen molar-refractivity contribution in [1.82, 2.24) is 4.98 Å². The number of ether oxygens (including phenoxy) is 1. The fraction of sp³-hybridized carbons (Fsp3) is 0.0833. The van der Waals surface area contributed by atoms with E-state index in [9.17, 15) is 4.39 Å². The Labute approximate surface area is 92.7 Å². The first-order chi connectivity index (χ1) is 7.66. The van der Waals surface area contributed by atoms with Gasteiger partial charge in [0.25, 0.3) is 0 Å². The molecule has 0 radical (unpaired) electrons. The smallest absolute Gasteiger partial charge is 0.243 e. The summed E-state index contributed by atoms with van der Waals surface area (Å²) >= 11 is 0. The summed E-state index contributed by atoms with van der Waals surface area (Å²) in [5.74, 6) is -0.0948. The quantitative estimate of drug-likeness (QED) is 0.843. The summed E-state index contributed by atoms with van der Waals surface area (Å²) in [6.45, 7) is 1.81. The fourth-order valence-corrected chi connectivity index (χ4v) is 1.26. The highest BCUT2D eigenvalue weighted by Gasteiger charge is 2.07. The van der Waals surface area contributed by atoms with Gasteiger partial charge in [0.05, 0.1) is 5.69 Å². The van der Waals surface area contributed by atoms with Crippen molar-refractivity contribution in [2.24, 2.45) is 0 Å². The predicted molar refractivity (Wildman–Crippen MR) is 59.9 cm³/mol. The Kier molecular flexibility index (Phi) is 2.72. The van der Waals surface area contributed by atoms with Crippen LogP contribution in [-0.2, 0) is 0 Å². The molecule has 1 heterocycles. The van der Waals surface area contributed by atoms with Gasteiger partial charge in [-0.2, -0.15) is 0 Å². The molecule has 0 saturated carbocycles. The van der Waals surface area contributed by atoms with Gasteiger partial charge < -0.3 is 10.5 Å². The Morgan fingerprint density at radius 2 is 1.94 bits per heavy atom. The van der Waals surface area contributed by atoms with Gasteiger partial charge in [0.1, 0.15) is 0 Å². The van der Waals surface area contributed by atoms with E-state index in [2.05, 4.69) is 4.98 Å². The maximum atomic E-state index is 13.3.